The van der Waals surface area contributed by atoms with Gasteiger partial charge in [-0.2, -0.15) is 0 Å². The van der Waals surface area contributed by atoms with E-state index in [9.17, 15) is 9.59 Å². The lowest BCUT2D eigenvalue weighted by molar-refractivity contribution is -0.140. The predicted molar refractivity (Wildman–Crippen MR) is 91.6 cm³/mol. The third-order valence-electron chi connectivity index (χ3n) is 3.76. The number of carboxylic acid groups (broad SMARTS) is 1. The van der Waals surface area contributed by atoms with Crippen LogP contribution in [-0.4, -0.2) is 52.5 Å². The van der Waals surface area contributed by atoms with Gasteiger partial charge in [-0.1, -0.05) is 37.3 Å². The molecule has 1 aliphatic rings. The van der Waals surface area contributed by atoms with Crippen LogP contribution in [0, 0.1) is 0 Å². The first-order valence-electron chi connectivity index (χ1n) is 7.87. The van der Waals surface area contributed by atoms with Crippen molar-refractivity contribution in [3.05, 3.63) is 35.9 Å². The molecule has 0 aromatic heterocycles. The Morgan fingerprint density at radius 2 is 1.83 bits per heavy atom. The van der Waals surface area contributed by atoms with E-state index in [1.165, 1.54) is 0 Å². The Kier molecular flexibility index (Phi) is 8.06. The molecule has 0 unspecified atom stereocenters. The molecular formula is C17H25ClN2O3. The van der Waals surface area contributed by atoms with Crippen molar-refractivity contribution in [1.29, 1.82) is 0 Å². The summed E-state index contributed by atoms with van der Waals surface area (Å²) in [4.78, 5) is 27.1. The van der Waals surface area contributed by atoms with E-state index in [2.05, 4.69) is 0 Å². The molecule has 0 atom stereocenters. The minimum atomic E-state index is -0.887. The normalized spacial score (nSPS) is 13.5. The lowest BCUT2D eigenvalue weighted by Crippen LogP contribution is -2.43. The van der Waals surface area contributed by atoms with Gasteiger partial charge in [0.05, 0.1) is 13.1 Å². The molecule has 0 aliphatic heterocycles. The van der Waals surface area contributed by atoms with Gasteiger partial charge in [0.25, 0.3) is 0 Å². The average molecular weight is 341 g/mol. The minimum Gasteiger partial charge on any atom is -0.480 e. The Bertz CT molecular complexity index is 506. The molecular weight excluding hydrogens is 316 g/mol. The van der Waals surface area contributed by atoms with Crippen molar-refractivity contribution in [3.8, 4) is 0 Å². The zero-order valence-corrected chi connectivity index (χ0v) is 14.3. The average Bonchev–Trinajstić information content (AvgIpc) is 3.30. The standard InChI is InChI=1S/C17H24N2O3.ClH/c1-2-10-18(13-17(21)22)12-16(20)19(15-8-9-15)11-14-6-4-3-5-7-14;/h3-7,15H,2,8-13H2,1H3,(H,21,22);1H. The molecule has 1 aromatic carbocycles. The quantitative estimate of drug-likeness (QED) is 0.750. The van der Waals surface area contributed by atoms with Gasteiger partial charge >= 0.3 is 5.97 Å². The first-order valence-corrected chi connectivity index (χ1v) is 7.87. The Hall–Kier alpha value is -1.59. The summed E-state index contributed by atoms with van der Waals surface area (Å²) in [5.74, 6) is -0.858. The van der Waals surface area contributed by atoms with E-state index in [1.54, 1.807) is 4.90 Å². The molecule has 6 heteroatoms. The molecule has 1 amide bonds. The van der Waals surface area contributed by atoms with Crippen LogP contribution in [0.1, 0.15) is 31.7 Å². The Balaban J connectivity index is 0.00000264. The van der Waals surface area contributed by atoms with Crippen molar-refractivity contribution in [2.45, 2.75) is 38.8 Å². The molecule has 1 N–H and O–H groups in total. The topological polar surface area (TPSA) is 60.9 Å². The molecule has 128 valence electrons. The van der Waals surface area contributed by atoms with Crippen molar-refractivity contribution in [2.24, 2.45) is 0 Å². The van der Waals surface area contributed by atoms with Gasteiger partial charge in [0, 0.05) is 12.6 Å². The Labute approximate surface area is 143 Å². The Morgan fingerprint density at radius 3 is 2.35 bits per heavy atom. The van der Waals surface area contributed by atoms with Crippen LogP contribution in [0.25, 0.3) is 0 Å². The van der Waals surface area contributed by atoms with Gasteiger partial charge in [-0.3, -0.25) is 14.5 Å². The van der Waals surface area contributed by atoms with E-state index in [-0.39, 0.29) is 31.4 Å². The molecule has 1 aromatic rings. The summed E-state index contributed by atoms with van der Waals surface area (Å²) in [6.07, 6.45) is 2.93. The maximum atomic E-state index is 12.6. The summed E-state index contributed by atoms with van der Waals surface area (Å²) in [5, 5.41) is 8.95. The second-order valence-electron chi connectivity index (χ2n) is 5.84. The summed E-state index contributed by atoms with van der Waals surface area (Å²) < 4.78 is 0. The van der Waals surface area contributed by atoms with Gasteiger partial charge in [-0.25, -0.2) is 0 Å². The minimum absolute atomic E-state index is 0. The molecule has 0 radical (unpaired) electrons. The van der Waals surface area contributed by atoms with Gasteiger partial charge in [-0.05, 0) is 31.4 Å². The van der Waals surface area contributed by atoms with Crippen molar-refractivity contribution in [2.75, 3.05) is 19.6 Å². The summed E-state index contributed by atoms with van der Waals surface area (Å²) >= 11 is 0. The highest BCUT2D eigenvalue weighted by atomic mass is 35.5. The highest BCUT2D eigenvalue weighted by Crippen LogP contribution is 2.28. The number of halogens is 1. The van der Waals surface area contributed by atoms with E-state index in [1.807, 2.05) is 42.2 Å². The summed E-state index contributed by atoms with van der Waals surface area (Å²) in [7, 11) is 0. The van der Waals surface area contributed by atoms with Crippen LogP contribution in [0.3, 0.4) is 0 Å². The SMILES string of the molecule is CCCN(CC(=O)O)CC(=O)N(Cc1ccccc1)C1CC1.Cl. The highest BCUT2D eigenvalue weighted by Gasteiger charge is 2.33. The van der Waals surface area contributed by atoms with Gasteiger partial charge in [0.1, 0.15) is 0 Å². The molecule has 1 aliphatic carbocycles. The number of carbonyl (C=O) groups excluding carboxylic acids is 1. The highest BCUT2D eigenvalue weighted by molar-refractivity contribution is 5.85. The van der Waals surface area contributed by atoms with Crippen LogP contribution in [0.2, 0.25) is 0 Å². The van der Waals surface area contributed by atoms with E-state index >= 15 is 0 Å². The summed E-state index contributed by atoms with van der Waals surface area (Å²) in [6.45, 7) is 3.33. The maximum Gasteiger partial charge on any atom is 0.317 e. The van der Waals surface area contributed by atoms with Crippen molar-refractivity contribution >= 4 is 24.3 Å². The van der Waals surface area contributed by atoms with Crippen LogP contribution in [0.4, 0.5) is 0 Å². The number of amides is 1. The Morgan fingerprint density at radius 1 is 1.17 bits per heavy atom. The number of carbonyl (C=O) groups is 2. The second-order valence-corrected chi connectivity index (χ2v) is 5.84. The third kappa shape index (κ3) is 6.59. The smallest absolute Gasteiger partial charge is 0.317 e. The number of nitrogens with zero attached hydrogens (tertiary/aromatic N) is 2. The van der Waals surface area contributed by atoms with E-state index in [4.69, 9.17) is 5.11 Å². The van der Waals surface area contributed by atoms with E-state index in [0.29, 0.717) is 19.1 Å². The number of rotatable bonds is 9. The van der Waals surface area contributed by atoms with Crippen molar-refractivity contribution < 1.29 is 14.7 Å². The van der Waals surface area contributed by atoms with Crippen LogP contribution in [0.5, 0.6) is 0 Å². The zero-order valence-electron chi connectivity index (χ0n) is 13.5. The van der Waals surface area contributed by atoms with Gasteiger partial charge < -0.3 is 10.0 Å². The van der Waals surface area contributed by atoms with Crippen molar-refractivity contribution in [1.82, 2.24) is 9.80 Å². The number of hydrogen-bond donors (Lipinski definition) is 1. The fraction of sp³-hybridized carbons (Fsp3) is 0.529. The fourth-order valence-electron chi connectivity index (χ4n) is 2.59. The number of hydrogen-bond acceptors (Lipinski definition) is 3. The van der Waals surface area contributed by atoms with Gasteiger partial charge in [0.15, 0.2) is 0 Å². The number of carboxylic acids is 1. The van der Waals surface area contributed by atoms with Crippen LogP contribution in [0.15, 0.2) is 30.3 Å². The summed E-state index contributed by atoms with van der Waals surface area (Å²) in [5.41, 5.74) is 1.11. The lowest BCUT2D eigenvalue weighted by atomic mass is 10.2. The van der Waals surface area contributed by atoms with E-state index in [0.717, 1.165) is 24.8 Å². The van der Waals surface area contributed by atoms with Crippen LogP contribution >= 0.6 is 12.4 Å². The van der Waals surface area contributed by atoms with Gasteiger partial charge in [-0.15, -0.1) is 12.4 Å². The lowest BCUT2D eigenvalue weighted by Gasteiger charge is -2.26. The first-order chi connectivity index (χ1) is 10.6. The molecule has 0 spiro atoms. The molecule has 5 nitrogen and oxygen atoms in total. The molecule has 0 heterocycles. The third-order valence-corrected chi connectivity index (χ3v) is 3.76. The molecule has 0 saturated heterocycles. The zero-order chi connectivity index (χ0) is 15.9. The van der Waals surface area contributed by atoms with Crippen LogP contribution < -0.4 is 0 Å². The van der Waals surface area contributed by atoms with Crippen LogP contribution in [-0.2, 0) is 16.1 Å². The van der Waals surface area contributed by atoms with Crippen molar-refractivity contribution in [3.63, 3.8) is 0 Å². The molecule has 0 bridgehead atoms. The number of aliphatic carboxylic acids is 1. The number of benzene rings is 1. The van der Waals surface area contributed by atoms with E-state index < -0.39 is 5.97 Å². The second kappa shape index (κ2) is 9.53. The monoisotopic (exact) mass is 340 g/mol. The summed E-state index contributed by atoms with van der Waals surface area (Å²) in [6, 6.07) is 10.3. The largest absolute Gasteiger partial charge is 0.480 e. The molecule has 2 rings (SSSR count). The fourth-order valence-corrected chi connectivity index (χ4v) is 2.59. The van der Waals surface area contributed by atoms with Gasteiger partial charge in [0.2, 0.25) is 5.91 Å². The predicted octanol–water partition coefficient (Wildman–Crippen LogP) is 2.40. The molecule has 1 saturated carbocycles. The first kappa shape index (κ1) is 19.5. The molecule has 23 heavy (non-hydrogen) atoms. The maximum absolute atomic E-state index is 12.6. The molecule has 1 fully saturated rings.